The van der Waals surface area contributed by atoms with E-state index >= 15 is 0 Å². The van der Waals surface area contributed by atoms with Gasteiger partial charge in [0.05, 0.1) is 26.4 Å². The molecule has 3 heteroatoms. The minimum absolute atomic E-state index is 0.153. The van der Waals surface area contributed by atoms with Gasteiger partial charge in [0.2, 0.25) is 0 Å². The predicted molar refractivity (Wildman–Crippen MR) is 146 cm³/mol. The minimum Gasteiger partial charge on any atom is -0.497 e. The molecule has 0 saturated carbocycles. The number of benzene rings is 4. The third kappa shape index (κ3) is 6.12. The van der Waals surface area contributed by atoms with Crippen LogP contribution in [0.5, 0.6) is 5.75 Å². The summed E-state index contributed by atoms with van der Waals surface area (Å²) < 4.78 is 18.7. The highest BCUT2D eigenvalue weighted by molar-refractivity contribution is 5.47. The highest BCUT2D eigenvalue weighted by Crippen LogP contribution is 2.40. The summed E-state index contributed by atoms with van der Waals surface area (Å²) in [6, 6.07) is 39.2. The molecular formula is C33H34O3. The van der Waals surface area contributed by atoms with Crippen LogP contribution >= 0.6 is 0 Å². The zero-order valence-corrected chi connectivity index (χ0v) is 21.1. The fourth-order valence-electron chi connectivity index (χ4n) is 4.48. The largest absolute Gasteiger partial charge is 0.497 e. The Morgan fingerprint density at radius 2 is 1.19 bits per heavy atom. The van der Waals surface area contributed by atoms with E-state index in [1.165, 1.54) is 0 Å². The van der Waals surface area contributed by atoms with Gasteiger partial charge in [-0.25, -0.2) is 0 Å². The molecule has 3 nitrogen and oxygen atoms in total. The first-order valence-corrected chi connectivity index (χ1v) is 12.3. The molecule has 4 aromatic rings. The molecule has 0 unspecified atom stereocenters. The van der Waals surface area contributed by atoms with Crippen molar-refractivity contribution in [3.05, 3.63) is 150 Å². The van der Waals surface area contributed by atoms with Crippen molar-refractivity contribution in [1.29, 1.82) is 0 Å². The van der Waals surface area contributed by atoms with Gasteiger partial charge in [-0.2, -0.15) is 0 Å². The van der Waals surface area contributed by atoms with Crippen LogP contribution in [0.4, 0.5) is 0 Å². The summed E-state index contributed by atoms with van der Waals surface area (Å²) in [6.07, 6.45) is 0.560. The van der Waals surface area contributed by atoms with Gasteiger partial charge in [-0.05, 0) is 47.7 Å². The predicted octanol–water partition coefficient (Wildman–Crippen LogP) is 7.56. The fraction of sp³-hybridized carbons (Fsp3) is 0.212. The Morgan fingerprint density at radius 3 is 1.61 bits per heavy atom. The summed E-state index contributed by atoms with van der Waals surface area (Å²) >= 11 is 0. The molecule has 0 aromatic heterocycles. The first kappa shape index (κ1) is 25.4. The van der Waals surface area contributed by atoms with Crippen LogP contribution in [0.25, 0.3) is 0 Å². The van der Waals surface area contributed by atoms with Crippen LogP contribution in [0.3, 0.4) is 0 Å². The number of rotatable bonds is 12. The van der Waals surface area contributed by atoms with Crippen molar-refractivity contribution in [3.8, 4) is 5.75 Å². The molecule has 1 atom stereocenters. The number of hydrogen-bond acceptors (Lipinski definition) is 3. The Kier molecular flexibility index (Phi) is 8.72. The van der Waals surface area contributed by atoms with Gasteiger partial charge in [0.15, 0.2) is 0 Å². The molecular weight excluding hydrogens is 444 g/mol. The molecule has 0 aliphatic rings. The summed E-state index contributed by atoms with van der Waals surface area (Å²) in [5.74, 6) is 0.832. The molecule has 184 valence electrons. The highest BCUT2D eigenvalue weighted by atomic mass is 16.5. The third-order valence-corrected chi connectivity index (χ3v) is 6.25. The summed E-state index contributed by atoms with van der Waals surface area (Å²) in [4.78, 5) is 0. The molecule has 0 amide bonds. The minimum atomic E-state index is -0.777. The van der Waals surface area contributed by atoms with Gasteiger partial charge in [0.1, 0.15) is 11.4 Å². The van der Waals surface area contributed by atoms with Crippen LogP contribution in [0.15, 0.2) is 127 Å². The van der Waals surface area contributed by atoms with E-state index in [-0.39, 0.29) is 6.10 Å². The second-order valence-electron chi connectivity index (χ2n) is 9.03. The molecule has 0 aliphatic carbocycles. The number of methoxy groups -OCH3 is 1. The van der Waals surface area contributed by atoms with E-state index in [4.69, 9.17) is 14.2 Å². The fourth-order valence-corrected chi connectivity index (χ4v) is 4.48. The molecule has 0 N–H and O–H groups in total. The monoisotopic (exact) mass is 478 g/mol. The maximum Gasteiger partial charge on any atom is 0.143 e. The SMILES string of the molecule is C=C(C)C[C@@H](COC(c1ccccc1)(c1ccccc1)c1ccccc1)OCc1ccc(OC)cc1. The van der Waals surface area contributed by atoms with Crippen LogP contribution < -0.4 is 4.74 Å². The van der Waals surface area contributed by atoms with Crippen molar-refractivity contribution < 1.29 is 14.2 Å². The average molecular weight is 479 g/mol. The van der Waals surface area contributed by atoms with E-state index in [0.29, 0.717) is 19.6 Å². The van der Waals surface area contributed by atoms with Crippen molar-refractivity contribution >= 4 is 0 Å². The molecule has 0 aliphatic heterocycles. The summed E-state index contributed by atoms with van der Waals surface area (Å²) in [7, 11) is 1.67. The normalized spacial score (nSPS) is 12.2. The zero-order chi connectivity index (χ0) is 25.2. The van der Waals surface area contributed by atoms with Crippen LogP contribution in [0, 0.1) is 0 Å². The lowest BCUT2D eigenvalue weighted by Crippen LogP contribution is -2.36. The Morgan fingerprint density at radius 1 is 0.722 bits per heavy atom. The van der Waals surface area contributed by atoms with Gasteiger partial charge in [0, 0.05) is 0 Å². The first-order chi connectivity index (χ1) is 17.6. The van der Waals surface area contributed by atoms with E-state index in [2.05, 4.69) is 79.4 Å². The third-order valence-electron chi connectivity index (χ3n) is 6.25. The lowest BCUT2D eigenvalue weighted by Gasteiger charge is -2.37. The maximum absolute atomic E-state index is 6.99. The number of ether oxygens (including phenoxy) is 3. The molecule has 0 radical (unpaired) electrons. The van der Waals surface area contributed by atoms with E-state index in [0.717, 1.165) is 33.6 Å². The van der Waals surface area contributed by atoms with Gasteiger partial charge in [-0.15, -0.1) is 6.58 Å². The van der Waals surface area contributed by atoms with Crippen LogP contribution in [-0.4, -0.2) is 19.8 Å². The molecule has 4 aromatic carbocycles. The zero-order valence-electron chi connectivity index (χ0n) is 21.1. The van der Waals surface area contributed by atoms with Crippen molar-refractivity contribution in [3.63, 3.8) is 0 Å². The van der Waals surface area contributed by atoms with E-state index < -0.39 is 5.60 Å². The van der Waals surface area contributed by atoms with Crippen molar-refractivity contribution in [1.82, 2.24) is 0 Å². The highest BCUT2D eigenvalue weighted by Gasteiger charge is 2.38. The Hall–Kier alpha value is -3.66. The van der Waals surface area contributed by atoms with Crippen LogP contribution in [0.2, 0.25) is 0 Å². The van der Waals surface area contributed by atoms with Gasteiger partial charge in [0.25, 0.3) is 0 Å². The van der Waals surface area contributed by atoms with E-state index in [1.54, 1.807) is 7.11 Å². The maximum atomic E-state index is 6.99. The average Bonchev–Trinajstić information content (AvgIpc) is 2.93. The standard InChI is InChI=1S/C33H34O3/c1-26(2)23-32(35-24-27-19-21-31(34-3)22-20-27)25-36-33(28-13-7-4-8-14-28,29-15-9-5-10-16-29)30-17-11-6-12-18-30/h4-22,32H,1,23-25H2,2-3H3/t32-/m0/s1. The molecule has 0 fully saturated rings. The van der Waals surface area contributed by atoms with Crippen molar-refractivity contribution in [2.75, 3.05) is 13.7 Å². The van der Waals surface area contributed by atoms with Gasteiger partial charge < -0.3 is 14.2 Å². The Balaban J connectivity index is 1.66. The van der Waals surface area contributed by atoms with Gasteiger partial charge in [-0.3, -0.25) is 0 Å². The topological polar surface area (TPSA) is 27.7 Å². The lowest BCUT2D eigenvalue weighted by molar-refractivity contribution is -0.0693. The molecule has 36 heavy (non-hydrogen) atoms. The quantitative estimate of drug-likeness (QED) is 0.155. The Bertz CT molecular complexity index is 1110. The second-order valence-corrected chi connectivity index (χ2v) is 9.03. The van der Waals surface area contributed by atoms with Crippen molar-refractivity contribution in [2.24, 2.45) is 0 Å². The summed E-state index contributed by atoms with van der Waals surface area (Å²) in [5.41, 5.74) is 4.59. The molecule has 0 spiro atoms. The smallest absolute Gasteiger partial charge is 0.143 e. The Labute approximate surface area is 215 Å². The van der Waals surface area contributed by atoms with E-state index in [1.807, 2.05) is 49.4 Å². The number of hydrogen-bond donors (Lipinski definition) is 0. The summed E-state index contributed by atoms with van der Waals surface area (Å²) in [5, 5.41) is 0. The molecule has 4 rings (SSSR count). The van der Waals surface area contributed by atoms with Gasteiger partial charge >= 0.3 is 0 Å². The summed E-state index contributed by atoms with van der Waals surface area (Å²) in [6.45, 7) is 7.06. The van der Waals surface area contributed by atoms with E-state index in [9.17, 15) is 0 Å². The van der Waals surface area contributed by atoms with Gasteiger partial charge in [-0.1, -0.05) is 109 Å². The van der Waals surface area contributed by atoms with Crippen molar-refractivity contribution in [2.45, 2.75) is 31.7 Å². The second kappa shape index (κ2) is 12.3. The van der Waals surface area contributed by atoms with Crippen LogP contribution in [-0.2, 0) is 21.7 Å². The lowest BCUT2D eigenvalue weighted by atomic mass is 9.80. The first-order valence-electron chi connectivity index (χ1n) is 12.3. The molecule has 0 saturated heterocycles. The van der Waals surface area contributed by atoms with Crippen LogP contribution in [0.1, 0.15) is 35.6 Å². The molecule has 0 bridgehead atoms. The molecule has 0 heterocycles.